The van der Waals surface area contributed by atoms with E-state index in [1.165, 1.54) is 29.2 Å². The number of thiophene rings is 1. The van der Waals surface area contributed by atoms with Crippen molar-refractivity contribution in [3.05, 3.63) is 169 Å². The van der Waals surface area contributed by atoms with Gasteiger partial charge in [0, 0.05) is 50.8 Å². The monoisotopic (exact) mass is 1180 g/mol. The first-order valence-corrected chi connectivity index (χ1v) is 29.8. The first kappa shape index (κ1) is 63.7. The highest BCUT2D eigenvalue weighted by molar-refractivity contribution is 8.03. The molecule has 4 aromatic carbocycles. The van der Waals surface area contributed by atoms with Crippen molar-refractivity contribution in [3.63, 3.8) is 0 Å². The van der Waals surface area contributed by atoms with Gasteiger partial charge in [0.25, 0.3) is 0 Å². The van der Waals surface area contributed by atoms with Gasteiger partial charge < -0.3 is 37.9 Å². The number of thioether (sulfide) groups is 1. The smallest absolute Gasteiger partial charge is 0.380 e. The number of hydrogen-bond donors (Lipinski definition) is 0. The van der Waals surface area contributed by atoms with Crippen LogP contribution in [0.3, 0.4) is 0 Å². The highest BCUT2D eigenvalue weighted by Crippen LogP contribution is 2.72. The van der Waals surface area contributed by atoms with Crippen LogP contribution < -0.4 is 0 Å². The van der Waals surface area contributed by atoms with E-state index < -0.39 is 50.8 Å². The van der Waals surface area contributed by atoms with E-state index in [4.69, 9.17) is 37.9 Å². The van der Waals surface area contributed by atoms with E-state index in [9.17, 15) is 0 Å². The van der Waals surface area contributed by atoms with Crippen molar-refractivity contribution < 1.29 is 64.2 Å². The number of fused-ring (bicyclic) bond motifs is 3. The molecule has 5 aromatic rings. The van der Waals surface area contributed by atoms with Gasteiger partial charge >= 0.3 is 17.8 Å². The molecule has 0 saturated carbocycles. The molecular weight excluding hydrogens is 1100 g/mol. The Bertz CT molecular complexity index is 2950. The molecule has 8 nitrogen and oxygen atoms in total. The molecule has 2 aliphatic carbocycles. The standard InChI is InChI=1S/C66H80F6O8S2/c1-59(2,3)45-21-25-49(26-22-45)63(50-27-23-46(24-28-50)60(4,5)6)57-51(41-53(81-57)43-13-17-47(18-14-43)61(7,8)79-39-37-77-35-33-75-31-29-73-11)55-56(65(69,70)66(71,72)64(55,67)68)52-42-54(82-58(52)63)44-15-19-48(20-16-44)62(9,10)80-40-38-78-36-34-76-32-30-74-12/h13-28,41,54H,29-40,42H2,1-12H3. The van der Waals surface area contributed by atoms with Gasteiger partial charge in [-0.1, -0.05) is 139 Å². The summed E-state index contributed by atoms with van der Waals surface area (Å²) in [5.74, 6) is -16.3. The fraction of sp³-hybridized carbons (Fsp3) is 0.515. The third-order valence-electron chi connectivity index (χ3n) is 15.8. The van der Waals surface area contributed by atoms with Crippen molar-refractivity contribution in [2.24, 2.45) is 0 Å². The molecule has 2 heterocycles. The maximum absolute atomic E-state index is 17.3. The fourth-order valence-corrected chi connectivity index (χ4v) is 14.0. The van der Waals surface area contributed by atoms with Crippen LogP contribution in [0, 0.1) is 0 Å². The van der Waals surface area contributed by atoms with Gasteiger partial charge in [-0.2, -0.15) is 26.3 Å². The molecule has 1 aliphatic heterocycles. The Hall–Kier alpha value is -4.33. The number of allylic oxidation sites excluding steroid dienone is 4. The lowest BCUT2D eigenvalue weighted by molar-refractivity contribution is -0.259. The van der Waals surface area contributed by atoms with E-state index in [1.807, 2.05) is 125 Å². The normalized spacial score (nSPS) is 18.4. The maximum Gasteiger partial charge on any atom is 0.380 e. The molecule has 0 radical (unpaired) electrons. The highest BCUT2D eigenvalue weighted by atomic mass is 32.2. The second-order valence-corrected chi connectivity index (χ2v) is 26.5. The van der Waals surface area contributed by atoms with E-state index >= 15 is 26.3 Å². The minimum atomic E-state index is -5.75. The zero-order valence-electron chi connectivity index (χ0n) is 49.4. The lowest BCUT2D eigenvalue weighted by Gasteiger charge is -2.38. The number of alkyl halides is 6. The molecule has 1 atom stereocenters. The van der Waals surface area contributed by atoms with E-state index in [0.29, 0.717) is 111 Å². The van der Waals surface area contributed by atoms with Gasteiger partial charge in [0.2, 0.25) is 0 Å². The maximum atomic E-state index is 17.3. The van der Waals surface area contributed by atoms with Crippen LogP contribution in [0.2, 0.25) is 0 Å². The third kappa shape index (κ3) is 12.8. The zero-order chi connectivity index (χ0) is 59.5. The quantitative estimate of drug-likeness (QED) is 0.0398. The van der Waals surface area contributed by atoms with Gasteiger partial charge in [-0.3, -0.25) is 0 Å². The topological polar surface area (TPSA) is 73.8 Å². The van der Waals surface area contributed by atoms with Crippen molar-refractivity contribution in [2.75, 3.05) is 93.5 Å². The van der Waals surface area contributed by atoms with Crippen LogP contribution in [0.25, 0.3) is 16.0 Å². The number of hydrogen-bond acceptors (Lipinski definition) is 10. The summed E-state index contributed by atoms with van der Waals surface area (Å²) in [6.45, 7) is 25.1. The number of methoxy groups -OCH3 is 2. The van der Waals surface area contributed by atoms with E-state index in [1.54, 1.807) is 14.2 Å². The molecule has 0 spiro atoms. The molecule has 1 aromatic heterocycles. The Balaban J connectivity index is 1.24. The van der Waals surface area contributed by atoms with Crippen LogP contribution in [0.4, 0.5) is 26.3 Å². The third-order valence-corrected chi connectivity index (χ3v) is 18.6. The lowest BCUT2D eigenvalue weighted by Crippen LogP contribution is -2.49. The summed E-state index contributed by atoms with van der Waals surface area (Å²) in [4.78, 5) is 1.01. The van der Waals surface area contributed by atoms with Crippen molar-refractivity contribution in [1.82, 2.24) is 0 Å². The number of ether oxygens (including phenoxy) is 8. The Labute approximate surface area is 489 Å². The summed E-state index contributed by atoms with van der Waals surface area (Å²) in [6, 6.07) is 32.3. The Morgan fingerprint density at radius 2 is 0.866 bits per heavy atom. The van der Waals surface area contributed by atoms with Gasteiger partial charge in [0.1, 0.15) is 0 Å². The number of rotatable bonds is 26. The average molecular weight is 1180 g/mol. The van der Waals surface area contributed by atoms with Gasteiger partial charge in [-0.15, -0.1) is 23.1 Å². The minimum absolute atomic E-state index is 0.194. The van der Waals surface area contributed by atoms with Crippen LogP contribution in [0.15, 0.2) is 119 Å². The van der Waals surface area contributed by atoms with Crippen LogP contribution in [-0.2, 0) is 65.3 Å². The first-order valence-electron chi connectivity index (χ1n) is 28.1. The molecule has 16 heteroatoms. The SMILES string of the molecule is COCCOCCOCCOC(C)(C)c1ccc(-c2cc3c(s2)C(c2ccc(C(C)(C)C)cc2)(c2ccc(C(C)(C)C)cc2)C2=C(CC(c4ccc(C(C)(C)OCCOCCOCCOC)cc4)S2)C2=C3C(F)(F)C(F)(F)C2(F)F)cc1. The molecule has 446 valence electrons. The molecule has 0 amide bonds. The summed E-state index contributed by atoms with van der Waals surface area (Å²) in [6.07, 6.45) is -0.217. The number of benzene rings is 4. The van der Waals surface area contributed by atoms with Gasteiger partial charge in [-0.25, -0.2) is 0 Å². The molecule has 0 saturated heterocycles. The first-order chi connectivity index (χ1) is 38.6. The summed E-state index contributed by atoms with van der Waals surface area (Å²) >= 11 is 2.46. The van der Waals surface area contributed by atoms with Crippen LogP contribution in [0.5, 0.6) is 0 Å². The summed E-state index contributed by atoms with van der Waals surface area (Å²) in [5.41, 5.74) is -0.644. The van der Waals surface area contributed by atoms with E-state index in [2.05, 4.69) is 41.5 Å². The van der Waals surface area contributed by atoms with Crippen molar-refractivity contribution in [3.8, 4) is 10.4 Å². The van der Waals surface area contributed by atoms with Gasteiger partial charge in [-0.05, 0) is 101 Å². The average Bonchev–Trinajstić information content (AvgIpc) is 1.57. The molecule has 0 fully saturated rings. The van der Waals surface area contributed by atoms with Gasteiger partial charge in [0.05, 0.1) is 95.9 Å². The summed E-state index contributed by atoms with van der Waals surface area (Å²) in [5, 5.41) is -0.636. The predicted molar refractivity (Wildman–Crippen MR) is 315 cm³/mol. The van der Waals surface area contributed by atoms with Crippen LogP contribution >= 0.6 is 23.1 Å². The number of halogens is 6. The fourth-order valence-electron chi connectivity index (χ4n) is 10.9. The Morgan fingerprint density at radius 1 is 0.476 bits per heavy atom. The van der Waals surface area contributed by atoms with Crippen LogP contribution in [-0.4, -0.2) is 111 Å². The van der Waals surface area contributed by atoms with Crippen molar-refractivity contribution in [2.45, 2.75) is 126 Å². The highest BCUT2D eigenvalue weighted by Gasteiger charge is 2.81. The Kier molecular flexibility index (Phi) is 19.7. The lowest BCUT2D eigenvalue weighted by atomic mass is 9.69. The Morgan fingerprint density at radius 3 is 1.29 bits per heavy atom. The minimum Gasteiger partial charge on any atom is -0.382 e. The summed E-state index contributed by atoms with van der Waals surface area (Å²) in [7, 11) is 3.22. The molecule has 3 aliphatic rings. The molecule has 82 heavy (non-hydrogen) atoms. The van der Waals surface area contributed by atoms with Crippen molar-refractivity contribution >= 4 is 28.7 Å². The van der Waals surface area contributed by atoms with Gasteiger partial charge in [0.15, 0.2) is 0 Å². The predicted octanol–water partition coefficient (Wildman–Crippen LogP) is 16.0. The van der Waals surface area contributed by atoms with Crippen LogP contribution in [0.1, 0.15) is 130 Å². The van der Waals surface area contributed by atoms with E-state index in [-0.39, 0.29) is 33.3 Å². The summed E-state index contributed by atoms with van der Waals surface area (Å²) < 4.78 is 147. The molecular formula is C66H80F6O8S2. The van der Waals surface area contributed by atoms with E-state index in [0.717, 1.165) is 22.3 Å². The molecule has 8 rings (SSSR count). The van der Waals surface area contributed by atoms with Crippen molar-refractivity contribution in [1.29, 1.82) is 0 Å². The molecule has 0 bridgehead atoms. The zero-order valence-corrected chi connectivity index (χ0v) is 51.1. The second kappa shape index (κ2) is 25.3. The second-order valence-electron chi connectivity index (χ2n) is 24.2. The molecule has 0 N–H and O–H groups in total. The molecule has 1 unspecified atom stereocenters. The largest absolute Gasteiger partial charge is 0.382 e.